The summed E-state index contributed by atoms with van der Waals surface area (Å²) in [5.74, 6) is -1.01. The zero-order valence-corrected chi connectivity index (χ0v) is 21.9. The number of carboxylic acid groups (broad SMARTS) is 1. The van der Waals surface area contributed by atoms with E-state index in [1.807, 2.05) is 61.5 Å². The van der Waals surface area contributed by atoms with Crippen LogP contribution in [0, 0.1) is 6.92 Å². The first-order valence-electron chi connectivity index (χ1n) is 12.4. The van der Waals surface area contributed by atoms with Gasteiger partial charge in [-0.2, -0.15) is 0 Å². The molecule has 0 fully saturated rings. The van der Waals surface area contributed by atoms with Crippen molar-refractivity contribution in [1.82, 2.24) is 5.32 Å². The summed E-state index contributed by atoms with van der Waals surface area (Å²) in [6.45, 7) is 2.47. The van der Waals surface area contributed by atoms with E-state index in [0.29, 0.717) is 23.0 Å². The Balaban J connectivity index is 1.23. The molecular formula is C32H26ClNO5. The van der Waals surface area contributed by atoms with Crippen LogP contribution in [-0.2, 0) is 17.8 Å². The molecule has 1 aromatic heterocycles. The number of ether oxygens (including phenoxy) is 1. The van der Waals surface area contributed by atoms with Crippen LogP contribution in [0.15, 0.2) is 101 Å². The molecule has 39 heavy (non-hydrogen) atoms. The summed E-state index contributed by atoms with van der Waals surface area (Å²) in [7, 11) is 0. The number of aliphatic carboxylic acids is 1. The number of hydrogen-bond donors (Lipinski definition) is 2. The van der Waals surface area contributed by atoms with Crippen LogP contribution >= 0.6 is 11.6 Å². The number of carbonyl (C=O) groups excluding carboxylic acids is 1. The van der Waals surface area contributed by atoms with E-state index in [9.17, 15) is 14.7 Å². The number of halogens is 1. The number of carbonyl (C=O) groups is 2. The SMILES string of the molecule is Cc1ccc(COc2ccc(C[C@H](NC(=O)c3cc4ccc(-c5ccc(Cl)cc5)cc4o3)C(=O)O)cc2)cc1. The van der Waals surface area contributed by atoms with Crippen LogP contribution in [0.3, 0.4) is 0 Å². The quantitative estimate of drug-likeness (QED) is 0.209. The van der Waals surface area contributed by atoms with Gasteiger partial charge in [-0.25, -0.2) is 4.79 Å². The smallest absolute Gasteiger partial charge is 0.326 e. The van der Waals surface area contributed by atoms with Crippen LogP contribution in [0.25, 0.3) is 22.1 Å². The molecule has 0 spiro atoms. The van der Waals surface area contributed by atoms with Crippen molar-refractivity contribution >= 4 is 34.4 Å². The van der Waals surface area contributed by atoms with E-state index in [1.165, 1.54) is 5.56 Å². The second kappa shape index (κ2) is 11.5. The van der Waals surface area contributed by atoms with Gasteiger partial charge >= 0.3 is 5.97 Å². The number of nitrogens with one attached hydrogen (secondary N) is 1. The minimum absolute atomic E-state index is 0.0457. The normalized spacial score (nSPS) is 11.7. The second-order valence-electron chi connectivity index (χ2n) is 9.36. The highest BCUT2D eigenvalue weighted by Crippen LogP contribution is 2.28. The molecule has 0 saturated heterocycles. The van der Waals surface area contributed by atoms with Gasteiger partial charge in [0.1, 0.15) is 24.0 Å². The van der Waals surface area contributed by atoms with Crippen molar-refractivity contribution in [2.45, 2.75) is 26.0 Å². The van der Waals surface area contributed by atoms with Gasteiger partial charge in [0.15, 0.2) is 5.76 Å². The largest absolute Gasteiger partial charge is 0.489 e. The van der Waals surface area contributed by atoms with Gasteiger partial charge < -0.3 is 19.6 Å². The number of amides is 1. The lowest BCUT2D eigenvalue weighted by Crippen LogP contribution is -2.42. The van der Waals surface area contributed by atoms with Crippen LogP contribution in [-0.4, -0.2) is 23.0 Å². The Kier molecular flexibility index (Phi) is 7.66. The molecule has 1 heterocycles. The summed E-state index contributed by atoms with van der Waals surface area (Å²) in [6, 6.07) is 28.8. The average molecular weight is 540 g/mol. The Labute approximate surface area is 230 Å². The van der Waals surface area contributed by atoms with Gasteiger partial charge in [-0.1, -0.05) is 77.8 Å². The number of furan rings is 1. The van der Waals surface area contributed by atoms with Crippen molar-refractivity contribution in [2.75, 3.05) is 0 Å². The minimum Gasteiger partial charge on any atom is -0.489 e. The predicted molar refractivity (Wildman–Crippen MR) is 151 cm³/mol. The topological polar surface area (TPSA) is 88.8 Å². The van der Waals surface area contributed by atoms with Gasteiger partial charge in [0.25, 0.3) is 5.91 Å². The van der Waals surface area contributed by atoms with E-state index in [-0.39, 0.29) is 12.2 Å². The molecule has 1 atom stereocenters. The first-order chi connectivity index (χ1) is 18.8. The summed E-state index contributed by atoms with van der Waals surface area (Å²) in [4.78, 5) is 24.8. The molecule has 0 aliphatic rings. The number of hydrogen-bond acceptors (Lipinski definition) is 4. The van der Waals surface area contributed by atoms with Gasteiger partial charge in [0.05, 0.1) is 0 Å². The fourth-order valence-corrected chi connectivity index (χ4v) is 4.33. The van der Waals surface area contributed by atoms with Crippen molar-refractivity contribution in [2.24, 2.45) is 0 Å². The third-order valence-electron chi connectivity index (χ3n) is 6.41. The summed E-state index contributed by atoms with van der Waals surface area (Å²) < 4.78 is 11.6. The monoisotopic (exact) mass is 539 g/mol. The lowest BCUT2D eigenvalue weighted by Gasteiger charge is -2.14. The summed E-state index contributed by atoms with van der Waals surface area (Å²) in [6.07, 6.45) is 0.111. The minimum atomic E-state index is -1.14. The van der Waals surface area contributed by atoms with Crippen molar-refractivity contribution in [3.05, 3.63) is 125 Å². The lowest BCUT2D eigenvalue weighted by molar-refractivity contribution is -0.139. The number of rotatable bonds is 9. The van der Waals surface area contributed by atoms with E-state index in [1.54, 1.807) is 42.5 Å². The Morgan fingerprint density at radius 3 is 2.23 bits per heavy atom. The third kappa shape index (κ3) is 6.48. The highest BCUT2D eigenvalue weighted by Gasteiger charge is 2.23. The highest BCUT2D eigenvalue weighted by molar-refractivity contribution is 6.30. The van der Waals surface area contributed by atoms with Crippen molar-refractivity contribution in [1.29, 1.82) is 0 Å². The molecule has 7 heteroatoms. The summed E-state index contributed by atoms with van der Waals surface area (Å²) in [5, 5.41) is 13.7. The molecule has 0 radical (unpaired) electrons. The van der Waals surface area contributed by atoms with Crippen molar-refractivity contribution < 1.29 is 23.8 Å². The number of aryl methyl sites for hydroxylation is 1. The van der Waals surface area contributed by atoms with E-state index in [0.717, 1.165) is 27.6 Å². The zero-order valence-electron chi connectivity index (χ0n) is 21.2. The Bertz CT molecular complexity index is 1610. The summed E-state index contributed by atoms with van der Waals surface area (Å²) in [5.41, 5.74) is 5.40. The fourth-order valence-electron chi connectivity index (χ4n) is 4.20. The molecule has 4 aromatic carbocycles. The maximum absolute atomic E-state index is 12.9. The van der Waals surface area contributed by atoms with Gasteiger partial charge in [-0.3, -0.25) is 4.79 Å². The predicted octanol–water partition coefficient (Wildman–Crippen LogP) is 7.07. The first kappa shape index (κ1) is 26.1. The molecule has 2 N–H and O–H groups in total. The van der Waals surface area contributed by atoms with E-state index >= 15 is 0 Å². The summed E-state index contributed by atoms with van der Waals surface area (Å²) >= 11 is 5.98. The van der Waals surface area contributed by atoms with Crippen LogP contribution in [0.5, 0.6) is 5.75 Å². The first-order valence-corrected chi connectivity index (χ1v) is 12.8. The zero-order chi connectivity index (χ0) is 27.4. The number of fused-ring (bicyclic) bond motifs is 1. The van der Waals surface area contributed by atoms with E-state index in [2.05, 4.69) is 5.32 Å². The molecule has 5 aromatic rings. The molecule has 0 saturated carbocycles. The van der Waals surface area contributed by atoms with Crippen molar-refractivity contribution in [3.8, 4) is 16.9 Å². The van der Waals surface area contributed by atoms with E-state index < -0.39 is 17.9 Å². The molecule has 6 nitrogen and oxygen atoms in total. The van der Waals surface area contributed by atoms with Crippen LogP contribution in [0.1, 0.15) is 27.2 Å². The Morgan fingerprint density at radius 1 is 0.872 bits per heavy atom. The number of carboxylic acids is 1. The average Bonchev–Trinajstić information content (AvgIpc) is 3.37. The second-order valence-corrected chi connectivity index (χ2v) is 9.79. The van der Waals surface area contributed by atoms with Crippen LogP contribution < -0.4 is 10.1 Å². The van der Waals surface area contributed by atoms with Crippen molar-refractivity contribution in [3.63, 3.8) is 0 Å². The lowest BCUT2D eigenvalue weighted by atomic mass is 10.0. The highest BCUT2D eigenvalue weighted by atomic mass is 35.5. The maximum Gasteiger partial charge on any atom is 0.326 e. The molecule has 0 aliphatic carbocycles. The molecule has 1 amide bonds. The third-order valence-corrected chi connectivity index (χ3v) is 6.67. The molecule has 0 aliphatic heterocycles. The van der Waals surface area contributed by atoms with E-state index in [4.69, 9.17) is 20.8 Å². The Hall–Kier alpha value is -4.55. The standard InChI is InChI=1S/C32H26ClNO5/c1-20-2-4-22(5-3-20)19-38-27-14-6-21(7-15-27)16-28(32(36)37)34-31(35)30-18-25-9-8-24(17-29(25)39-30)23-10-12-26(33)13-11-23/h2-15,17-18,28H,16,19H2,1H3,(H,34,35)(H,36,37)/t28-/m0/s1. The number of benzene rings is 4. The van der Waals surface area contributed by atoms with Gasteiger partial charge in [-0.05, 0) is 65.6 Å². The molecule has 0 unspecified atom stereocenters. The van der Waals surface area contributed by atoms with Gasteiger partial charge in [0.2, 0.25) is 0 Å². The fraction of sp³-hybridized carbons (Fsp3) is 0.125. The molecular weight excluding hydrogens is 514 g/mol. The molecule has 0 bridgehead atoms. The van der Waals surface area contributed by atoms with Gasteiger partial charge in [-0.15, -0.1) is 0 Å². The van der Waals surface area contributed by atoms with Crippen LogP contribution in [0.4, 0.5) is 0 Å². The molecule has 196 valence electrons. The maximum atomic E-state index is 12.9. The van der Waals surface area contributed by atoms with Crippen LogP contribution in [0.2, 0.25) is 5.02 Å². The van der Waals surface area contributed by atoms with Gasteiger partial charge in [0, 0.05) is 16.8 Å². The Morgan fingerprint density at radius 2 is 1.54 bits per heavy atom. The molecule has 5 rings (SSSR count).